The summed E-state index contributed by atoms with van der Waals surface area (Å²) in [5.41, 5.74) is 1.80. The lowest BCUT2D eigenvalue weighted by atomic mass is 10.2. The molecule has 0 fully saturated rings. The second-order valence-corrected chi connectivity index (χ2v) is 4.04. The Kier molecular flexibility index (Phi) is 2.22. The van der Waals surface area contributed by atoms with Gasteiger partial charge in [0.25, 0.3) is 5.56 Å². The van der Waals surface area contributed by atoms with Crippen LogP contribution in [-0.4, -0.2) is 24.6 Å². The van der Waals surface area contributed by atoms with Crippen molar-refractivity contribution in [2.45, 2.75) is 13.8 Å². The maximum Gasteiger partial charge on any atom is 0.277 e. The monoisotopic (exact) mass is 241 g/mol. The molecule has 0 atom stereocenters. The van der Waals surface area contributed by atoms with Crippen molar-refractivity contribution in [3.63, 3.8) is 0 Å². The molecule has 1 N–H and O–H groups in total. The lowest BCUT2D eigenvalue weighted by molar-refractivity contribution is 0.850. The zero-order chi connectivity index (χ0) is 12.7. The standard InChI is InChI=1S/C12H11N5O/c1-7-10-12(18)15-11(9-3-5-13-6-4-9)16-17(10)8(2)14-7/h3-6H,1-2H3,(H,15,16,18). The van der Waals surface area contributed by atoms with Gasteiger partial charge in [-0.2, -0.15) is 0 Å². The Bertz CT molecular complexity index is 772. The molecule has 0 radical (unpaired) electrons. The molecule has 0 aliphatic rings. The lowest BCUT2D eigenvalue weighted by Crippen LogP contribution is -2.14. The predicted octanol–water partition coefficient (Wildman–Crippen LogP) is 1.10. The first kappa shape index (κ1) is 10.6. The number of pyridine rings is 1. The van der Waals surface area contributed by atoms with Gasteiger partial charge in [-0.25, -0.2) is 9.50 Å². The fraction of sp³-hybridized carbons (Fsp3) is 0.167. The summed E-state index contributed by atoms with van der Waals surface area (Å²) in [7, 11) is 0. The minimum Gasteiger partial charge on any atom is -0.303 e. The highest BCUT2D eigenvalue weighted by molar-refractivity contribution is 5.56. The Hall–Kier alpha value is -2.50. The smallest absolute Gasteiger partial charge is 0.277 e. The third-order valence-corrected chi connectivity index (χ3v) is 2.79. The Morgan fingerprint density at radius 3 is 2.67 bits per heavy atom. The summed E-state index contributed by atoms with van der Waals surface area (Å²) in [4.78, 5) is 23.0. The van der Waals surface area contributed by atoms with E-state index in [0.717, 1.165) is 5.56 Å². The van der Waals surface area contributed by atoms with Gasteiger partial charge in [-0.3, -0.25) is 9.78 Å². The van der Waals surface area contributed by atoms with Crippen molar-refractivity contribution < 1.29 is 0 Å². The lowest BCUT2D eigenvalue weighted by Gasteiger charge is -2.01. The quantitative estimate of drug-likeness (QED) is 0.692. The van der Waals surface area contributed by atoms with Crippen molar-refractivity contribution in [3.05, 3.63) is 46.4 Å². The normalized spacial score (nSPS) is 11.0. The molecule has 0 aromatic carbocycles. The third kappa shape index (κ3) is 1.50. The highest BCUT2D eigenvalue weighted by Gasteiger charge is 2.11. The molecule has 3 aromatic heterocycles. The topological polar surface area (TPSA) is 75.9 Å². The van der Waals surface area contributed by atoms with E-state index in [2.05, 4.69) is 20.1 Å². The van der Waals surface area contributed by atoms with Crippen molar-refractivity contribution in [1.29, 1.82) is 0 Å². The Labute approximate surface area is 102 Å². The molecule has 90 valence electrons. The number of hydrogen-bond acceptors (Lipinski definition) is 4. The van der Waals surface area contributed by atoms with Gasteiger partial charge in [0.05, 0.1) is 5.69 Å². The molecule has 3 aromatic rings. The largest absolute Gasteiger partial charge is 0.303 e. The highest BCUT2D eigenvalue weighted by atomic mass is 16.1. The first-order valence-electron chi connectivity index (χ1n) is 5.53. The Morgan fingerprint density at radius 1 is 1.22 bits per heavy atom. The van der Waals surface area contributed by atoms with Crippen LogP contribution in [0.25, 0.3) is 16.9 Å². The number of aromatic amines is 1. The van der Waals surface area contributed by atoms with Crippen molar-refractivity contribution in [2.24, 2.45) is 0 Å². The molecule has 0 saturated carbocycles. The van der Waals surface area contributed by atoms with E-state index in [-0.39, 0.29) is 5.56 Å². The number of hydrogen-bond donors (Lipinski definition) is 1. The highest BCUT2D eigenvalue weighted by Crippen LogP contribution is 2.13. The van der Waals surface area contributed by atoms with Gasteiger partial charge in [0.2, 0.25) is 0 Å². The van der Waals surface area contributed by atoms with Crippen molar-refractivity contribution in [2.75, 3.05) is 0 Å². The van der Waals surface area contributed by atoms with Gasteiger partial charge in [-0.1, -0.05) is 0 Å². The van der Waals surface area contributed by atoms with Gasteiger partial charge >= 0.3 is 0 Å². The number of nitrogens with one attached hydrogen (secondary N) is 1. The number of aromatic nitrogens is 5. The van der Waals surface area contributed by atoms with Gasteiger partial charge in [0.1, 0.15) is 5.82 Å². The van der Waals surface area contributed by atoms with E-state index >= 15 is 0 Å². The Balaban J connectivity index is 2.35. The second-order valence-electron chi connectivity index (χ2n) is 4.04. The molecule has 0 spiro atoms. The SMILES string of the molecule is Cc1nc(C)n2nc(-c3ccncc3)[nH]c(=O)c12. The van der Waals surface area contributed by atoms with Gasteiger partial charge in [0.15, 0.2) is 11.3 Å². The van der Waals surface area contributed by atoms with E-state index in [1.165, 1.54) is 0 Å². The van der Waals surface area contributed by atoms with Crippen LogP contribution in [-0.2, 0) is 0 Å². The molecule has 0 bridgehead atoms. The molecule has 6 heteroatoms. The van der Waals surface area contributed by atoms with Crippen molar-refractivity contribution >= 4 is 5.52 Å². The Morgan fingerprint density at radius 2 is 1.94 bits per heavy atom. The van der Waals surface area contributed by atoms with Gasteiger partial charge in [-0.15, -0.1) is 5.10 Å². The molecule has 0 unspecified atom stereocenters. The van der Waals surface area contributed by atoms with E-state index in [0.29, 0.717) is 22.9 Å². The van der Waals surface area contributed by atoms with Crippen LogP contribution in [0.2, 0.25) is 0 Å². The number of nitrogens with zero attached hydrogens (tertiary/aromatic N) is 4. The molecule has 0 aliphatic heterocycles. The minimum atomic E-state index is -0.185. The number of rotatable bonds is 1. The fourth-order valence-corrected chi connectivity index (χ4v) is 1.97. The maximum absolute atomic E-state index is 12.0. The number of imidazole rings is 1. The summed E-state index contributed by atoms with van der Waals surface area (Å²) in [6.45, 7) is 3.62. The molecule has 3 rings (SSSR count). The predicted molar refractivity (Wildman–Crippen MR) is 66.3 cm³/mol. The van der Waals surface area contributed by atoms with Crippen LogP contribution >= 0.6 is 0 Å². The van der Waals surface area contributed by atoms with Gasteiger partial charge in [-0.05, 0) is 26.0 Å². The van der Waals surface area contributed by atoms with Crippen LogP contribution in [0.15, 0.2) is 29.3 Å². The average Bonchev–Trinajstić information content (AvgIpc) is 2.66. The van der Waals surface area contributed by atoms with Crippen LogP contribution in [0.4, 0.5) is 0 Å². The van der Waals surface area contributed by atoms with Crippen molar-refractivity contribution in [3.8, 4) is 11.4 Å². The molecule has 18 heavy (non-hydrogen) atoms. The number of fused-ring (bicyclic) bond motifs is 1. The van der Waals surface area contributed by atoms with Crippen LogP contribution in [0.5, 0.6) is 0 Å². The van der Waals surface area contributed by atoms with E-state index in [9.17, 15) is 4.79 Å². The first-order chi connectivity index (χ1) is 8.66. The maximum atomic E-state index is 12.0. The third-order valence-electron chi connectivity index (χ3n) is 2.79. The van der Waals surface area contributed by atoms with E-state index in [4.69, 9.17) is 0 Å². The molecular formula is C12H11N5O. The second kappa shape index (κ2) is 3.76. The fourth-order valence-electron chi connectivity index (χ4n) is 1.97. The molecular weight excluding hydrogens is 230 g/mol. The number of H-pyrrole nitrogens is 1. The summed E-state index contributed by atoms with van der Waals surface area (Å²) in [6, 6.07) is 3.59. The van der Waals surface area contributed by atoms with Gasteiger partial charge < -0.3 is 4.98 Å². The van der Waals surface area contributed by atoms with Gasteiger partial charge in [0, 0.05) is 18.0 Å². The van der Waals surface area contributed by atoms with Crippen LogP contribution in [0.3, 0.4) is 0 Å². The summed E-state index contributed by atoms with van der Waals surface area (Å²) in [5.74, 6) is 1.21. The summed E-state index contributed by atoms with van der Waals surface area (Å²) in [6.07, 6.45) is 3.32. The van der Waals surface area contributed by atoms with Crippen molar-refractivity contribution in [1.82, 2.24) is 24.6 Å². The zero-order valence-electron chi connectivity index (χ0n) is 10.0. The minimum absolute atomic E-state index is 0.185. The number of aryl methyl sites for hydroxylation is 2. The van der Waals surface area contributed by atoms with Crippen LogP contribution in [0.1, 0.15) is 11.5 Å². The van der Waals surface area contributed by atoms with E-state index < -0.39 is 0 Å². The van der Waals surface area contributed by atoms with Crippen LogP contribution < -0.4 is 5.56 Å². The first-order valence-corrected chi connectivity index (χ1v) is 5.53. The van der Waals surface area contributed by atoms with Crippen LogP contribution in [0, 0.1) is 13.8 Å². The molecule has 3 heterocycles. The summed E-state index contributed by atoms with van der Waals surface area (Å²) in [5, 5.41) is 4.40. The van der Waals surface area contributed by atoms with E-state index in [1.807, 2.05) is 6.92 Å². The molecule has 0 saturated heterocycles. The molecule has 6 nitrogen and oxygen atoms in total. The summed E-state index contributed by atoms with van der Waals surface area (Å²) < 4.78 is 1.57. The van der Waals surface area contributed by atoms with E-state index in [1.54, 1.807) is 36.0 Å². The zero-order valence-corrected chi connectivity index (χ0v) is 10.0. The summed E-state index contributed by atoms with van der Waals surface area (Å²) >= 11 is 0. The molecule has 0 aliphatic carbocycles. The molecule has 0 amide bonds. The average molecular weight is 241 g/mol.